The van der Waals surface area contributed by atoms with Crippen molar-refractivity contribution in [3.63, 3.8) is 0 Å². The van der Waals surface area contributed by atoms with E-state index in [9.17, 15) is 9.59 Å². The molecule has 0 saturated heterocycles. The first-order chi connectivity index (χ1) is 14.7. The van der Waals surface area contributed by atoms with E-state index in [2.05, 4.69) is 11.9 Å². The SMILES string of the molecule is C=CC(=O)Nc1sc2c(c1-c1nc3ccccc3s1)CCN(C(=O)OC(C)(C)C)C2C. The second kappa shape index (κ2) is 8.09. The number of thiazole rings is 1. The van der Waals surface area contributed by atoms with Gasteiger partial charge in [-0.05, 0) is 57.9 Å². The summed E-state index contributed by atoms with van der Waals surface area (Å²) in [6.07, 6.45) is 1.61. The molecule has 3 heterocycles. The minimum absolute atomic E-state index is 0.161. The van der Waals surface area contributed by atoms with Gasteiger partial charge in [-0.15, -0.1) is 22.7 Å². The molecule has 162 valence electrons. The molecule has 1 aromatic carbocycles. The Balaban J connectivity index is 1.78. The van der Waals surface area contributed by atoms with Crippen LogP contribution in [0.5, 0.6) is 0 Å². The maximum atomic E-state index is 12.8. The number of carbonyl (C=O) groups excluding carboxylic acids is 2. The summed E-state index contributed by atoms with van der Waals surface area (Å²) in [6.45, 7) is 11.7. The van der Waals surface area contributed by atoms with Crippen LogP contribution in [0.2, 0.25) is 0 Å². The van der Waals surface area contributed by atoms with Gasteiger partial charge >= 0.3 is 6.09 Å². The van der Waals surface area contributed by atoms with E-state index in [1.165, 1.54) is 17.4 Å². The number of anilines is 1. The van der Waals surface area contributed by atoms with Gasteiger partial charge in [0.1, 0.15) is 15.6 Å². The molecule has 2 amide bonds. The van der Waals surface area contributed by atoms with Crippen LogP contribution in [-0.2, 0) is 16.0 Å². The second-order valence-corrected chi connectivity index (χ2v) is 10.5. The van der Waals surface area contributed by atoms with Crippen LogP contribution in [0.15, 0.2) is 36.9 Å². The molecule has 1 aliphatic rings. The van der Waals surface area contributed by atoms with Crippen molar-refractivity contribution < 1.29 is 14.3 Å². The molecule has 1 N–H and O–H groups in total. The molecular formula is C23H25N3O3S2. The zero-order valence-corrected chi connectivity index (χ0v) is 19.7. The molecule has 0 fully saturated rings. The number of aromatic nitrogens is 1. The molecule has 0 saturated carbocycles. The number of rotatable bonds is 3. The van der Waals surface area contributed by atoms with Gasteiger partial charge in [0.15, 0.2) is 0 Å². The fourth-order valence-corrected chi connectivity index (χ4v) is 6.09. The molecule has 1 aliphatic heterocycles. The van der Waals surface area contributed by atoms with Gasteiger partial charge in [-0.3, -0.25) is 4.79 Å². The van der Waals surface area contributed by atoms with Crippen LogP contribution in [0, 0.1) is 0 Å². The van der Waals surface area contributed by atoms with E-state index < -0.39 is 5.60 Å². The number of nitrogens with one attached hydrogen (secondary N) is 1. The van der Waals surface area contributed by atoms with E-state index in [0.29, 0.717) is 13.0 Å². The highest BCUT2D eigenvalue weighted by Crippen LogP contribution is 2.48. The van der Waals surface area contributed by atoms with Crippen molar-refractivity contribution in [2.45, 2.75) is 45.8 Å². The Kier molecular flexibility index (Phi) is 5.61. The Morgan fingerprint density at radius 2 is 2.03 bits per heavy atom. The van der Waals surface area contributed by atoms with Gasteiger partial charge in [0.25, 0.3) is 0 Å². The quantitative estimate of drug-likeness (QED) is 0.492. The normalized spacial score (nSPS) is 16.1. The molecule has 1 unspecified atom stereocenters. The summed E-state index contributed by atoms with van der Waals surface area (Å²) in [5, 5.41) is 4.57. The van der Waals surface area contributed by atoms with Gasteiger partial charge in [0, 0.05) is 17.0 Å². The van der Waals surface area contributed by atoms with Gasteiger partial charge in [-0.1, -0.05) is 18.7 Å². The number of fused-ring (bicyclic) bond motifs is 2. The summed E-state index contributed by atoms with van der Waals surface area (Å²) in [5.74, 6) is -0.266. The van der Waals surface area contributed by atoms with Gasteiger partial charge in [0.05, 0.1) is 16.3 Å². The van der Waals surface area contributed by atoms with Crippen molar-refractivity contribution >= 4 is 49.9 Å². The Labute approximate surface area is 189 Å². The molecule has 4 rings (SSSR count). The van der Waals surface area contributed by atoms with Crippen molar-refractivity contribution in [1.29, 1.82) is 0 Å². The third kappa shape index (κ3) is 4.22. The summed E-state index contributed by atoms with van der Waals surface area (Å²) in [6, 6.07) is 7.84. The van der Waals surface area contributed by atoms with Gasteiger partial charge in [-0.2, -0.15) is 0 Å². The van der Waals surface area contributed by atoms with Crippen LogP contribution in [0.25, 0.3) is 20.8 Å². The van der Waals surface area contributed by atoms with E-state index in [-0.39, 0.29) is 18.0 Å². The highest BCUT2D eigenvalue weighted by Gasteiger charge is 2.35. The molecule has 31 heavy (non-hydrogen) atoms. The summed E-state index contributed by atoms with van der Waals surface area (Å²) >= 11 is 3.10. The lowest BCUT2D eigenvalue weighted by atomic mass is 9.98. The Morgan fingerprint density at radius 1 is 1.29 bits per heavy atom. The lowest BCUT2D eigenvalue weighted by Crippen LogP contribution is -2.41. The molecule has 0 radical (unpaired) electrons. The highest BCUT2D eigenvalue weighted by atomic mass is 32.1. The fourth-order valence-electron chi connectivity index (χ4n) is 3.66. The average molecular weight is 456 g/mol. The molecule has 1 atom stereocenters. The van der Waals surface area contributed by atoms with Crippen LogP contribution < -0.4 is 5.32 Å². The standard InChI is InChI=1S/C23H25N3O3S2/c1-6-17(27)25-21-18(20-24-15-9-7-8-10-16(15)30-20)14-11-12-26(13(2)19(14)31-21)22(28)29-23(3,4)5/h6-10,13H,1,11-12H2,2-5H3,(H,25,27). The lowest BCUT2D eigenvalue weighted by molar-refractivity contribution is -0.111. The second-order valence-electron chi connectivity index (χ2n) is 8.43. The summed E-state index contributed by atoms with van der Waals surface area (Å²) in [7, 11) is 0. The Hall–Kier alpha value is -2.71. The maximum Gasteiger partial charge on any atom is 0.410 e. The predicted octanol–water partition coefficient (Wildman–Crippen LogP) is 6.00. The van der Waals surface area contributed by atoms with Crippen molar-refractivity contribution in [2.24, 2.45) is 0 Å². The summed E-state index contributed by atoms with van der Waals surface area (Å²) in [4.78, 5) is 32.5. The average Bonchev–Trinajstić information content (AvgIpc) is 3.27. The minimum Gasteiger partial charge on any atom is -0.444 e. The third-order valence-electron chi connectivity index (χ3n) is 5.05. The highest BCUT2D eigenvalue weighted by molar-refractivity contribution is 7.23. The molecule has 0 aliphatic carbocycles. The monoisotopic (exact) mass is 455 g/mol. The molecule has 8 heteroatoms. The van der Waals surface area contributed by atoms with E-state index in [1.54, 1.807) is 16.2 Å². The molecule has 3 aromatic rings. The number of thiophene rings is 1. The predicted molar refractivity (Wildman–Crippen MR) is 127 cm³/mol. The number of carbonyl (C=O) groups is 2. The largest absolute Gasteiger partial charge is 0.444 e. The van der Waals surface area contributed by atoms with Gasteiger partial charge in [0.2, 0.25) is 5.91 Å². The zero-order valence-electron chi connectivity index (χ0n) is 18.0. The first-order valence-electron chi connectivity index (χ1n) is 10.1. The van der Waals surface area contributed by atoms with Crippen LogP contribution in [0.4, 0.5) is 9.80 Å². The van der Waals surface area contributed by atoms with E-state index in [4.69, 9.17) is 9.72 Å². The van der Waals surface area contributed by atoms with Crippen LogP contribution in [-0.4, -0.2) is 34.0 Å². The molecule has 6 nitrogen and oxygen atoms in total. The van der Waals surface area contributed by atoms with Crippen LogP contribution in [0.1, 0.15) is 44.2 Å². The molecular weight excluding hydrogens is 430 g/mol. The maximum absolute atomic E-state index is 12.8. The summed E-state index contributed by atoms with van der Waals surface area (Å²) in [5.41, 5.74) is 2.47. The molecule has 0 spiro atoms. The van der Waals surface area contributed by atoms with Crippen molar-refractivity contribution in [2.75, 3.05) is 11.9 Å². The summed E-state index contributed by atoms with van der Waals surface area (Å²) < 4.78 is 6.70. The van der Waals surface area contributed by atoms with E-state index in [0.717, 1.165) is 36.2 Å². The van der Waals surface area contributed by atoms with E-state index in [1.807, 2.05) is 52.0 Å². The number of ether oxygens (including phenoxy) is 1. The van der Waals surface area contributed by atoms with Crippen LogP contribution >= 0.6 is 22.7 Å². The smallest absolute Gasteiger partial charge is 0.410 e. The number of amides is 2. The zero-order chi connectivity index (χ0) is 22.3. The van der Waals surface area contributed by atoms with Crippen molar-refractivity contribution in [3.8, 4) is 10.6 Å². The van der Waals surface area contributed by atoms with Gasteiger partial charge in [-0.25, -0.2) is 9.78 Å². The molecule has 2 aromatic heterocycles. The third-order valence-corrected chi connectivity index (χ3v) is 7.42. The first kappa shape index (κ1) is 21.5. The number of benzene rings is 1. The first-order valence-corrected chi connectivity index (χ1v) is 11.8. The van der Waals surface area contributed by atoms with Crippen molar-refractivity contribution in [3.05, 3.63) is 47.4 Å². The minimum atomic E-state index is -0.554. The van der Waals surface area contributed by atoms with Crippen molar-refractivity contribution in [1.82, 2.24) is 9.88 Å². The topological polar surface area (TPSA) is 71.5 Å². The number of hydrogen-bond acceptors (Lipinski definition) is 6. The number of hydrogen-bond donors (Lipinski definition) is 1. The lowest BCUT2D eigenvalue weighted by Gasteiger charge is -2.35. The molecule has 0 bridgehead atoms. The van der Waals surface area contributed by atoms with Crippen LogP contribution in [0.3, 0.4) is 0 Å². The fraction of sp³-hybridized carbons (Fsp3) is 0.348. The Bertz CT molecular complexity index is 1140. The Morgan fingerprint density at radius 3 is 2.71 bits per heavy atom. The van der Waals surface area contributed by atoms with E-state index >= 15 is 0 Å². The number of para-hydroxylation sites is 1. The van der Waals surface area contributed by atoms with Gasteiger partial charge < -0.3 is 15.0 Å². The number of nitrogens with zero attached hydrogens (tertiary/aromatic N) is 2.